The highest BCUT2D eigenvalue weighted by molar-refractivity contribution is 7.90. The molecule has 0 saturated heterocycles. The van der Waals surface area contributed by atoms with E-state index in [4.69, 9.17) is 20.0 Å². The van der Waals surface area contributed by atoms with Gasteiger partial charge in [-0.1, -0.05) is 17.7 Å². The average molecular weight is 661 g/mol. The Balaban J connectivity index is 0.000000269. The molecule has 226 valence electrons. The zero-order chi connectivity index (χ0) is 32.0. The second-order valence-corrected chi connectivity index (χ2v) is 10.3. The summed E-state index contributed by atoms with van der Waals surface area (Å²) >= 11 is 4.99. The highest BCUT2D eigenvalue weighted by Gasteiger charge is 2.39. The number of rotatable bonds is 4. The Morgan fingerprint density at radius 1 is 0.976 bits per heavy atom. The number of hydrogen-bond acceptors (Lipinski definition) is 9. The molecule has 0 unspecified atom stereocenters. The fourth-order valence-electron chi connectivity index (χ4n) is 2.90. The molecule has 4 rings (SSSR count). The average Bonchev–Trinajstić information content (AvgIpc) is 3.45. The highest BCUT2D eigenvalue weighted by atomic mass is 35.5. The lowest BCUT2D eigenvalue weighted by Crippen LogP contribution is -2.15. The van der Waals surface area contributed by atoms with Crippen molar-refractivity contribution in [1.29, 1.82) is 0 Å². The number of sulfone groups is 1. The Labute approximate surface area is 239 Å². The van der Waals surface area contributed by atoms with Crippen molar-refractivity contribution < 1.29 is 48.0 Å². The Hall–Kier alpha value is -4.17. The third-order valence-electron chi connectivity index (χ3n) is 4.77. The van der Waals surface area contributed by atoms with E-state index in [1.807, 2.05) is 5.10 Å². The molecule has 0 saturated carbocycles. The van der Waals surface area contributed by atoms with Crippen LogP contribution in [0.1, 0.15) is 27.3 Å². The van der Waals surface area contributed by atoms with Crippen molar-refractivity contribution in [2.45, 2.75) is 24.2 Å². The third-order valence-corrected chi connectivity index (χ3v) is 6.23. The van der Waals surface area contributed by atoms with Crippen LogP contribution in [0.3, 0.4) is 0 Å². The predicted molar refractivity (Wildman–Crippen MR) is 133 cm³/mol. The first kappa shape index (κ1) is 34.0. The summed E-state index contributed by atoms with van der Waals surface area (Å²) in [5.74, 6) is -0.0351. The number of nitrogens with one attached hydrogen (secondary N) is 1. The minimum Gasteiger partial charge on any atom is -0.298 e. The molecule has 0 aliphatic rings. The number of aromatic nitrogens is 6. The van der Waals surface area contributed by atoms with Crippen LogP contribution >= 0.6 is 11.6 Å². The number of nitrogens with zero attached hydrogens (tertiary/aromatic N) is 5. The normalized spacial score (nSPS) is 11.5. The number of carbonyl (C=O) groups excluding carboxylic acids is 1. The molecule has 0 aliphatic carbocycles. The lowest BCUT2D eigenvalue weighted by molar-refractivity contribution is -0.142. The van der Waals surface area contributed by atoms with Gasteiger partial charge in [-0.2, -0.15) is 39.9 Å². The smallest absolute Gasteiger partial charge is 0.298 e. The molecule has 0 spiro atoms. The summed E-state index contributed by atoms with van der Waals surface area (Å²) in [6, 6.07) is 5.79. The molecule has 12 nitrogen and oxygen atoms in total. The number of carbonyl (C=O) groups is 1. The van der Waals surface area contributed by atoms with Gasteiger partial charge in [-0.15, -0.1) is 0 Å². The van der Waals surface area contributed by atoms with Gasteiger partial charge < -0.3 is 0 Å². The Morgan fingerprint density at radius 2 is 1.55 bits per heavy atom. The van der Waals surface area contributed by atoms with Gasteiger partial charge in [0.15, 0.2) is 33.5 Å². The van der Waals surface area contributed by atoms with Gasteiger partial charge >= 0.3 is 23.9 Å². The molecule has 0 bridgehead atoms. The zero-order valence-electron chi connectivity index (χ0n) is 20.8. The maximum Gasteiger partial charge on any atom is 0.435 e. The van der Waals surface area contributed by atoms with E-state index < -0.39 is 61.4 Å². The maximum atomic E-state index is 12.7. The summed E-state index contributed by atoms with van der Waals surface area (Å²) in [5.41, 5.74) is -3.35. The molecule has 0 atom stereocenters. The summed E-state index contributed by atoms with van der Waals surface area (Å²) < 4.78 is 116. The van der Waals surface area contributed by atoms with Crippen LogP contribution in [0, 0.1) is 6.92 Å². The van der Waals surface area contributed by atoms with E-state index in [0.717, 1.165) is 34.8 Å². The second-order valence-electron chi connectivity index (χ2n) is 7.81. The molecule has 0 radical (unpaired) electrons. The van der Waals surface area contributed by atoms with E-state index >= 15 is 0 Å². The van der Waals surface area contributed by atoms with Gasteiger partial charge in [0.25, 0.3) is 5.56 Å². The van der Waals surface area contributed by atoms with Crippen LogP contribution in [0.2, 0.25) is 5.15 Å². The SMILES string of the molecule is CS(=O)(=O)c1ccc(-n2[nH]c(C(F)(F)F)cc2=O)nc1.Cc1ccc(-n2nc(C(F)(F)F)c(C=O)c2Cl)nc1.O=S=O. The summed E-state index contributed by atoms with van der Waals surface area (Å²) in [7, 11) is -3.47. The molecular formula is C21H15ClF6N6O6S2. The second kappa shape index (κ2) is 13.2. The minimum atomic E-state index is -4.75. The fourth-order valence-corrected chi connectivity index (χ4v) is 3.71. The molecule has 4 aromatic heterocycles. The molecule has 0 amide bonds. The Kier molecular flexibility index (Phi) is 10.7. The van der Waals surface area contributed by atoms with E-state index in [2.05, 4.69) is 15.1 Å². The van der Waals surface area contributed by atoms with E-state index in [0.29, 0.717) is 10.7 Å². The van der Waals surface area contributed by atoms with Crippen LogP contribution in [-0.2, 0) is 33.8 Å². The molecule has 42 heavy (non-hydrogen) atoms. The molecular weight excluding hydrogens is 646 g/mol. The van der Waals surface area contributed by atoms with Crippen molar-refractivity contribution >= 4 is 39.3 Å². The van der Waals surface area contributed by atoms with Gasteiger partial charge in [0, 0.05) is 24.7 Å². The number of H-pyrrole nitrogens is 1. The van der Waals surface area contributed by atoms with E-state index in [1.54, 1.807) is 13.0 Å². The van der Waals surface area contributed by atoms with Crippen molar-refractivity contribution in [3.8, 4) is 11.6 Å². The van der Waals surface area contributed by atoms with Crippen LogP contribution in [-0.4, -0.2) is 58.9 Å². The first-order chi connectivity index (χ1) is 19.3. The molecule has 0 fully saturated rings. The van der Waals surface area contributed by atoms with Gasteiger partial charge in [0.2, 0.25) is 0 Å². The molecule has 21 heteroatoms. The Bertz CT molecular complexity index is 1760. The van der Waals surface area contributed by atoms with E-state index in [9.17, 15) is 44.3 Å². The van der Waals surface area contributed by atoms with Crippen LogP contribution in [0.4, 0.5) is 26.3 Å². The topological polar surface area (TPSA) is 167 Å². The van der Waals surface area contributed by atoms with E-state index in [-0.39, 0.29) is 22.8 Å². The number of hydrogen-bond donors (Lipinski definition) is 1. The lowest BCUT2D eigenvalue weighted by atomic mass is 10.2. The largest absolute Gasteiger partial charge is 0.435 e. The first-order valence-corrected chi connectivity index (χ1v) is 13.5. The summed E-state index contributed by atoms with van der Waals surface area (Å²) in [6.07, 6.45) is -6.02. The van der Waals surface area contributed by atoms with Gasteiger partial charge in [0.05, 0.1) is 10.5 Å². The highest BCUT2D eigenvalue weighted by Crippen LogP contribution is 2.34. The van der Waals surface area contributed by atoms with Crippen LogP contribution < -0.4 is 5.56 Å². The standard InChI is InChI=1S/C11H7ClF3N3O.C10H8F3N3O3S.O2S/c1-6-2-3-8(16-4-6)18-10(12)7(5-19)9(17-18)11(13,14)15;1-20(18,19)6-2-3-8(14-5-6)16-9(17)4-7(15-16)10(11,12)13;1-3-2/h2-5H,1H3;2-5,15H,1H3;. The number of halogens is 7. The summed E-state index contributed by atoms with van der Waals surface area (Å²) in [4.78, 5) is 29.6. The molecule has 4 heterocycles. The zero-order valence-corrected chi connectivity index (χ0v) is 23.2. The van der Waals surface area contributed by atoms with Crippen molar-refractivity contribution in [3.63, 3.8) is 0 Å². The van der Waals surface area contributed by atoms with Gasteiger partial charge in [-0.3, -0.25) is 14.7 Å². The van der Waals surface area contributed by atoms with Crippen LogP contribution in [0.25, 0.3) is 11.6 Å². The predicted octanol–water partition coefficient (Wildman–Crippen LogP) is 3.37. The van der Waals surface area contributed by atoms with Gasteiger partial charge in [0.1, 0.15) is 10.8 Å². The lowest BCUT2D eigenvalue weighted by Gasteiger charge is -2.04. The van der Waals surface area contributed by atoms with Crippen molar-refractivity contribution in [2.75, 3.05) is 6.26 Å². The molecule has 0 aromatic carbocycles. The van der Waals surface area contributed by atoms with Gasteiger partial charge in [-0.25, -0.2) is 27.7 Å². The monoisotopic (exact) mass is 660 g/mol. The van der Waals surface area contributed by atoms with Gasteiger partial charge in [-0.05, 0) is 30.7 Å². The number of aryl methyl sites for hydroxylation is 1. The van der Waals surface area contributed by atoms with Crippen molar-refractivity contribution in [3.05, 3.63) is 80.7 Å². The quantitative estimate of drug-likeness (QED) is 0.255. The third kappa shape index (κ3) is 8.42. The molecule has 1 N–H and O–H groups in total. The van der Waals surface area contributed by atoms with Crippen molar-refractivity contribution in [2.24, 2.45) is 0 Å². The summed E-state index contributed by atoms with van der Waals surface area (Å²) in [6.45, 7) is 1.78. The van der Waals surface area contributed by atoms with Crippen molar-refractivity contribution in [1.82, 2.24) is 29.5 Å². The number of pyridine rings is 2. The number of aromatic amines is 1. The number of alkyl halides is 6. The van der Waals surface area contributed by atoms with E-state index in [1.165, 1.54) is 12.3 Å². The molecule has 0 aliphatic heterocycles. The first-order valence-electron chi connectivity index (χ1n) is 10.6. The fraction of sp³-hybridized carbons (Fsp3) is 0.190. The van der Waals surface area contributed by atoms with Crippen LogP contribution in [0.5, 0.6) is 0 Å². The Morgan fingerprint density at radius 3 is 1.93 bits per heavy atom. The maximum absolute atomic E-state index is 12.7. The molecule has 4 aromatic rings. The van der Waals surface area contributed by atoms with Crippen LogP contribution in [0.15, 0.2) is 52.4 Å². The summed E-state index contributed by atoms with van der Waals surface area (Å²) in [5, 5.41) is 4.76. The minimum absolute atomic E-state index is 0.0306. The number of aldehydes is 1.